The van der Waals surface area contributed by atoms with Gasteiger partial charge in [-0.3, -0.25) is 0 Å². The van der Waals surface area contributed by atoms with E-state index in [9.17, 15) is 0 Å². The molecular weight excluding hydrogens is 286 g/mol. The molecule has 0 radical (unpaired) electrons. The molecule has 118 valence electrons. The average Bonchev–Trinajstić information content (AvgIpc) is 2.49. The molecule has 1 aliphatic carbocycles. The van der Waals surface area contributed by atoms with Gasteiger partial charge in [-0.25, -0.2) is 0 Å². The summed E-state index contributed by atoms with van der Waals surface area (Å²) in [5, 5.41) is 3.56. The number of nitrogens with one attached hydrogen (secondary N) is 1. The fourth-order valence-electron chi connectivity index (χ4n) is 2.68. The Bertz CT molecular complexity index is 469. The van der Waals surface area contributed by atoms with E-state index in [1.807, 2.05) is 23.9 Å². The smallest absolute Gasteiger partial charge is 0.164 e. The van der Waals surface area contributed by atoms with E-state index in [1.54, 1.807) is 21.3 Å². The summed E-state index contributed by atoms with van der Waals surface area (Å²) in [7, 11) is 4.97. The zero-order chi connectivity index (χ0) is 15.3. The van der Waals surface area contributed by atoms with Crippen molar-refractivity contribution in [3.8, 4) is 17.2 Å². The van der Waals surface area contributed by atoms with Crippen LogP contribution in [0.2, 0.25) is 0 Å². The van der Waals surface area contributed by atoms with Crippen molar-refractivity contribution in [2.45, 2.75) is 30.6 Å². The molecule has 0 saturated heterocycles. The lowest BCUT2D eigenvalue weighted by Gasteiger charge is -2.40. The van der Waals surface area contributed by atoms with Crippen LogP contribution in [0.1, 0.15) is 24.8 Å². The lowest BCUT2D eigenvalue weighted by molar-refractivity contribution is 0.339. The van der Waals surface area contributed by atoms with Crippen LogP contribution < -0.4 is 19.5 Å². The highest BCUT2D eigenvalue weighted by atomic mass is 32.2. The highest BCUT2D eigenvalue weighted by Gasteiger charge is 2.35. The molecule has 0 spiro atoms. The molecule has 4 nitrogen and oxygen atoms in total. The minimum absolute atomic E-state index is 0.434. The fourth-order valence-corrected chi connectivity index (χ4v) is 3.62. The van der Waals surface area contributed by atoms with Crippen molar-refractivity contribution in [2.24, 2.45) is 0 Å². The maximum atomic E-state index is 5.46. The minimum atomic E-state index is 0.434. The van der Waals surface area contributed by atoms with Gasteiger partial charge in [-0.05, 0) is 25.2 Å². The number of methoxy groups -OCH3 is 3. The third kappa shape index (κ3) is 3.58. The Morgan fingerprint density at radius 3 is 2.14 bits per heavy atom. The van der Waals surface area contributed by atoms with Crippen molar-refractivity contribution in [1.29, 1.82) is 0 Å². The van der Waals surface area contributed by atoms with Crippen molar-refractivity contribution >= 4 is 11.8 Å². The molecule has 0 bridgehead atoms. The molecule has 2 rings (SSSR count). The Hall–Kier alpha value is -1.07. The first-order valence-corrected chi connectivity index (χ1v) is 8.45. The van der Waals surface area contributed by atoms with Crippen LogP contribution >= 0.6 is 11.8 Å². The molecule has 0 aromatic heterocycles. The number of hydrogen-bond acceptors (Lipinski definition) is 5. The van der Waals surface area contributed by atoms with Gasteiger partial charge in [-0.2, -0.15) is 11.8 Å². The van der Waals surface area contributed by atoms with Gasteiger partial charge in [-0.15, -0.1) is 0 Å². The first kappa shape index (κ1) is 16.3. The summed E-state index contributed by atoms with van der Waals surface area (Å²) >= 11 is 1.98. The number of benzene rings is 1. The van der Waals surface area contributed by atoms with E-state index in [0.29, 0.717) is 10.5 Å². The summed E-state index contributed by atoms with van der Waals surface area (Å²) < 4.78 is 16.6. The molecule has 1 aliphatic rings. The second-order valence-electron chi connectivity index (χ2n) is 5.36. The van der Waals surface area contributed by atoms with Gasteiger partial charge in [0.25, 0.3) is 0 Å². The topological polar surface area (TPSA) is 39.7 Å². The monoisotopic (exact) mass is 311 g/mol. The second kappa shape index (κ2) is 7.27. The van der Waals surface area contributed by atoms with Crippen LogP contribution in [0, 0.1) is 0 Å². The third-order valence-electron chi connectivity index (χ3n) is 4.25. The van der Waals surface area contributed by atoms with E-state index >= 15 is 0 Å². The van der Waals surface area contributed by atoms with Gasteiger partial charge in [0.05, 0.1) is 21.3 Å². The maximum Gasteiger partial charge on any atom is 0.164 e. The van der Waals surface area contributed by atoms with Crippen molar-refractivity contribution < 1.29 is 14.2 Å². The van der Waals surface area contributed by atoms with Gasteiger partial charge in [-0.1, -0.05) is 6.42 Å². The molecule has 0 unspecified atom stereocenters. The fraction of sp³-hybridized carbons (Fsp3) is 0.625. The molecule has 0 aliphatic heterocycles. The average molecular weight is 311 g/mol. The Kier molecular flexibility index (Phi) is 5.65. The molecule has 0 atom stereocenters. The summed E-state index contributed by atoms with van der Waals surface area (Å²) in [5.74, 6) is 2.25. The maximum absolute atomic E-state index is 5.46. The lowest BCUT2D eigenvalue weighted by atomic mass is 9.84. The highest BCUT2D eigenvalue weighted by Crippen LogP contribution is 2.42. The van der Waals surface area contributed by atoms with E-state index in [0.717, 1.165) is 30.2 Å². The van der Waals surface area contributed by atoms with Crippen LogP contribution in [0.5, 0.6) is 17.2 Å². The van der Waals surface area contributed by atoms with Crippen molar-refractivity contribution in [3.05, 3.63) is 17.7 Å². The third-order valence-corrected chi connectivity index (χ3v) is 5.67. The van der Waals surface area contributed by atoms with Crippen LogP contribution in [0.3, 0.4) is 0 Å². The van der Waals surface area contributed by atoms with Gasteiger partial charge in [0.15, 0.2) is 11.5 Å². The highest BCUT2D eigenvalue weighted by molar-refractivity contribution is 8.00. The molecule has 0 heterocycles. The summed E-state index contributed by atoms with van der Waals surface area (Å²) in [6.45, 7) is 1.80. The largest absolute Gasteiger partial charge is 0.496 e. The molecule has 1 fully saturated rings. The van der Waals surface area contributed by atoms with Crippen LogP contribution in [-0.4, -0.2) is 38.9 Å². The van der Waals surface area contributed by atoms with E-state index in [1.165, 1.54) is 19.3 Å². The first-order chi connectivity index (χ1) is 10.2. The first-order valence-electron chi connectivity index (χ1n) is 7.23. The van der Waals surface area contributed by atoms with Crippen molar-refractivity contribution in [3.63, 3.8) is 0 Å². The summed E-state index contributed by atoms with van der Waals surface area (Å²) in [6.07, 6.45) is 6.18. The quantitative estimate of drug-likeness (QED) is 0.799. The number of thioether (sulfide) groups is 1. The van der Waals surface area contributed by atoms with E-state index < -0.39 is 0 Å². The number of rotatable bonds is 8. The van der Waals surface area contributed by atoms with E-state index in [4.69, 9.17) is 14.2 Å². The van der Waals surface area contributed by atoms with Crippen LogP contribution in [0.25, 0.3) is 0 Å². The molecule has 5 heteroatoms. The van der Waals surface area contributed by atoms with Gasteiger partial charge < -0.3 is 19.5 Å². The number of hydrogen-bond donors (Lipinski definition) is 1. The Morgan fingerprint density at radius 1 is 1.05 bits per heavy atom. The molecule has 1 saturated carbocycles. The standard InChI is InChI=1S/C16H25NO3S/c1-18-13-9-15(20-3)14(19-2)8-12(13)10-17-11-16(21-4)6-5-7-16/h8-9,17H,5-7,10-11H2,1-4H3. The van der Waals surface area contributed by atoms with Crippen LogP contribution in [-0.2, 0) is 6.54 Å². The summed E-state index contributed by atoms with van der Waals surface area (Å²) in [5.41, 5.74) is 1.09. The van der Waals surface area contributed by atoms with E-state index in [-0.39, 0.29) is 0 Å². The van der Waals surface area contributed by atoms with Crippen LogP contribution in [0.4, 0.5) is 0 Å². The van der Waals surface area contributed by atoms with Gasteiger partial charge in [0.2, 0.25) is 0 Å². The van der Waals surface area contributed by atoms with Gasteiger partial charge in [0.1, 0.15) is 5.75 Å². The molecule has 1 aromatic carbocycles. The SMILES string of the molecule is COc1cc(OC)c(OC)cc1CNCC1(SC)CCC1. The zero-order valence-electron chi connectivity index (χ0n) is 13.3. The molecular formula is C16H25NO3S. The summed E-state index contributed by atoms with van der Waals surface area (Å²) in [6, 6.07) is 3.86. The Morgan fingerprint density at radius 2 is 1.67 bits per heavy atom. The molecule has 21 heavy (non-hydrogen) atoms. The van der Waals surface area contributed by atoms with Gasteiger partial charge in [0, 0.05) is 29.5 Å². The normalized spacial score (nSPS) is 16.2. The van der Waals surface area contributed by atoms with E-state index in [2.05, 4.69) is 11.6 Å². The predicted molar refractivity (Wildman–Crippen MR) is 87.9 cm³/mol. The number of ether oxygens (including phenoxy) is 3. The molecule has 1 aromatic rings. The minimum Gasteiger partial charge on any atom is -0.496 e. The second-order valence-corrected chi connectivity index (χ2v) is 6.64. The molecule has 0 amide bonds. The van der Waals surface area contributed by atoms with Crippen LogP contribution in [0.15, 0.2) is 12.1 Å². The van der Waals surface area contributed by atoms with Gasteiger partial charge >= 0.3 is 0 Å². The van der Waals surface area contributed by atoms with Crippen molar-refractivity contribution in [1.82, 2.24) is 5.32 Å². The lowest BCUT2D eigenvalue weighted by Crippen LogP contribution is -2.43. The van der Waals surface area contributed by atoms with Crippen molar-refractivity contribution in [2.75, 3.05) is 34.1 Å². The predicted octanol–water partition coefficient (Wildman–Crippen LogP) is 3.09. The summed E-state index contributed by atoms with van der Waals surface area (Å²) in [4.78, 5) is 0. The Labute approximate surface area is 131 Å². The zero-order valence-corrected chi connectivity index (χ0v) is 14.1. The molecule has 1 N–H and O–H groups in total. The Balaban J connectivity index is 2.04.